The smallest absolute Gasteiger partial charge is 0.272 e. The number of urea groups is 2. The maximum Gasteiger partial charge on any atom is 0.352 e. The molecule has 130 valence electrons. The van der Waals surface area contributed by atoms with Gasteiger partial charge in [-0.2, -0.15) is 3.93 Å². The van der Waals surface area contributed by atoms with Crippen LogP contribution >= 0.6 is 44.1 Å². The molecule has 0 N–H and O–H groups in total. The summed E-state index contributed by atoms with van der Waals surface area (Å²) in [7, 11) is 1.49. The lowest BCUT2D eigenvalue weighted by Crippen LogP contribution is -2.41. The Bertz CT molecular complexity index is 573. The van der Waals surface area contributed by atoms with Crippen LogP contribution in [0.4, 0.5) is 9.59 Å². The quantitative estimate of drug-likeness (QED) is 0.431. The molecule has 2 fully saturated rings. The van der Waals surface area contributed by atoms with Crippen molar-refractivity contribution in [2.24, 2.45) is 0 Å². The molecule has 0 aromatic rings. The van der Waals surface area contributed by atoms with Gasteiger partial charge in [0.05, 0.1) is 32.3 Å². The lowest BCUT2D eigenvalue weighted by atomic mass is 10.00. The third kappa shape index (κ3) is 3.08. The summed E-state index contributed by atoms with van der Waals surface area (Å²) in [5.41, 5.74) is -1.67. The van der Waals surface area contributed by atoms with Crippen molar-refractivity contribution in [1.82, 2.24) is 17.2 Å². The van der Waals surface area contributed by atoms with E-state index < -0.39 is 17.1 Å². The highest BCUT2D eigenvalue weighted by Gasteiger charge is 2.51. The van der Waals surface area contributed by atoms with Crippen molar-refractivity contribution in [2.75, 3.05) is 7.05 Å². The van der Waals surface area contributed by atoms with Crippen LogP contribution in [-0.4, -0.2) is 59.2 Å². The summed E-state index contributed by atoms with van der Waals surface area (Å²) < 4.78 is 2.99. The number of halogens is 3. The first kappa shape index (κ1) is 20.2. The van der Waals surface area contributed by atoms with Crippen molar-refractivity contribution in [1.29, 1.82) is 0 Å². The van der Waals surface area contributed by atoms with Gasteiger partial charge in [0.15, 0.2) is 0 Å². The summed E-state index contributed by atoms with van der Waals surface area (Å²) in [6, 6.07) is -0.856. The molecule has 0 aromatic carbocycles. The number of rotatable bonds is 1. The third-order valence-electron chi connectivity index (χ3n) is 3.87. The van der Waals surface area contributed by atoms with Crippen LogP contribution in [0.15, 0.2) is 0 Å². The molecule has 2 rings (SSSR count). The molecule has 6 amide bonds. The highest BCUT2D eigenvalue weighted by atomic mass is 79.9. The minimum atomic E-state index is -0.956. The summed E-state index contributed by atoms with van der Waals surface area (Å²) in [5.74, 6) is -0.524. The standard InChI is InChI=1S/C7H11BrN2O2.C5H6BrClN2O2/c1-4-7(2)5(11)9(3)6(12)10(7)8;1-5(2)3(10)8(6)4(11)9(5)7/h4H2,1-3H3;1-2H3. The minimum absolute atomic E-state index is 0.160. The van der Waals surface area contributed by atoms with Gasteiger partial charge in [0, 0.05) is 18.8 Å². The second-order valence-electron chi connectivity index (χ2n) is 5.76. The molecule has 1 atom stereocenters. The largest absolute Gasteiger partial charge is 0.352 e. The van der Waals surface area contributed by atoms with E-state index in [1.807, 2.05) is 6.92 Å². The first-order chi connectivity index (χ1) is 10.3. The van der Waals surface area contributed by atoms with Crippen LogP contribution in [0, 0.1) is 0 Å². The Morgan fingerprint density at radius 3 is 1.61 bits per heavy atom. The highest BCUT2D eigenvalue weighted by Crippen LogP contribution is 2.32. The van der Waals surface area contributed by atoms with Gasteiger partial charge in [-0.25, -0.2) is 17.9 Å². The van der Waals surface area contributed by atoms with E-state index in [0.29, 0.717) is 6.42 Å². The number of hydrogen-bond acceptors (Lipinski definition) is 4. The van der Waals surface area contributed by atoms with E-state index in [1.165, 1.54) is 11.0 Å². The molecule has 0 saturated carbocycles. The van der Waals surface area contributed by atoms with Gasteiger partial charge in [0.2, 0.25) is 0 Å². The number of nitrogens with zero attached hydrogens (tertiary/aromatic N) is 4. The summed E-state index contributed by atoms with van der Waals surface area (Å²) in [6.07, 6.45) is 0.604. The Labute approximate surface area is 156 Å². The van der Waals surface area contributed by atoms with Crippen molar-refractivity contribution >= 4 is 67.9 Å². The Morgan fingerprint density at radius 2 is 1.48 bits per heavy atom. The van der Waals surface area contributed by atoms with Crippen LogP contribution < -0.4 is 0 Å². The summed E-state index contributed by atoms with van der Waals surface area (Å²) in [5, 5.41) is 0. The fraction of sp³-hybridized carbons (Fsp3) is 0.667. The molecule has 2 aliphatic rings. The molecule has 0 aromatic heterocycles. The zero-order valence-corrected chi connectivity index (χ0v) is 17.2. The molecular weight excluding hydrogens is 459 g/mol. The van der Waals surface area contributed by atoms with Crippen LogP contribution in [-0.2, 0) is 9.59 Å². The molecule has 0 aliphatic carbocycles. The number of likely N-dealkylation sites (N-methyl/N-ethyl adjacent to an activating group) is 1. The number of carbonyl (C=O) groups excluding carboxylic acids is 4. The molecule has 8 nitrogen and oxygen atoms in total. The summed E-state index contributed by atoms with van der Waals surface area (Å²) in [6.45, 7) is 6.76. The molecule has 0 bridgehead atoms. The van der Waals surface area contributed by atoms with E-state index in [2.05, 4.69) is 32.3 Å². The number of amides is 6. The molecule has 0 spiro atoms. The SMILES string of the molecule is CC1(C)C(=O)N(Br)C(=O)N1Cl.CCC1(C)C(=O)N(C)C(=O)N1Br. The van der Waals surface area contributed by atoms with E-state index in [-0.39, 0.29) is 17.8 Å². The Morgan fingerprint density at radius 1 is 1.00 bits per heavy atom. The van der Waals surface area contributed by atoms with E-state index in [0.717, 1.165) is 13.2 Å². The van der Waals surface area contributed by atoms with Crippen molar-refractivity contribution in [2.45, 2.75) is 45.2 Å². The maximum absolute atomic E-state index is 11.5. The fourth-order valence-corrected chi connectivity index (χ4v) is 3.36. The van der Waals surface area contributed by atoms with Crippen LogP contribution in [0.2, 0.25) is 0 Å². The predicted octanol–water partition coefficient (Wildman–Crippen LogP) is 2.85. The lowest BCUT2D eigenvalue weighted by Gasteiger charge is -2.24. The first-order valence-electron chi connectivity index (χ1n) is 6.62. The van der Waals surface area contributed by atoms with E-state index in [1.54, 1.807) is 20.8 Å². The fourth-order valence-electron chi connectivity index (χ4n) is 1.89. The second-order valence-corrected chi connectivity index (χ2v) is 7.52. The van der Waals surface area contributed by atoms with Gasteiger partial charge in [0.25, 0.3) is 11.8 Å². The van der Waals surface area contributed by atoms with E-state index in [4.69, 9.17) is 11.8 Å². The molecule has 2 aliphatic heterocycles. The Kier molecular flexibility index (Phi) is 5.75. The van der Waals surface area contributed by atoms with Crippen molar-refractivity contribution in [3.63, 3.8) is 0 Å². The Balaban J connectivity index is 0.000000231. The van der Waals surface area contributed by atoms with Crippen LogP contribution in [0.5, 0.6) is 0 Å². The Hall–Kier alpha value is -0.870. The summed E-state index contributed by atoms with van der Waals surface area (Å²) >= 11 is 11.4. The minimum Gasteiger partial charge on any atom is -0.272 e. The van der Waals surface area contributed by atoms with E-state index >= 15 is 0 Å². The van der Waals surface area contributed by atoms with Gasteiger partial charge in [-0.3, -0.25) is 14.5 Å². The second kappa shape index (κ2) is 6.56. The average molecular weight is 477 g/mol. The van der Waals surface area contributed by atoms with Gasteiger partial charge in [-0.15, -0.1) is 0 Å². The average Bonchev–Trinajstić information content (AvgIpc) is 2.75. The van der Waals surface area contributed by atoms with E-state index in [9.17, 15) is 19.2 Å². The zero-order chi connectivity index (χ0) is 18.3. The maximum atomic E-state index is 11.5. The number of hydrogen-bond donors (Lipinski definition) is 0. The van der Waals surface area contributed by atoms with Crippen molar-refractivity contribution in [3.8, 4) is 0 Å². The molecule has 1 unspecified atom stereocenters. The first-order valence-corrected chi connectivity index (χ1v) is 8.38. The van der Waals surface area contributed by atoms with Gasteiger partial charge < -0.3 is 0 Å². The predicted molar refractivity (Wildman–Crippen MR) is 90.6 cm³/mol. The number of imide groups is 2. The molecular formula is C12H17Br2ClN4O4. The van der Waals surface area contributed by atoms with Crippen LogP contribution in [0.3, 0.4) is 0 Å². The molecule has 23 heavy (non-hydrogen) atoms. The van der Waals surface area contributed by atoms with Gasteiger partial charge >= 0.3 is 12.1 Å². The lowest BCUT2D eigenvalue weighted by molar-refractivity contribution is -0.130. The van der Waals surface area contributed by atoms with Gasteiger partial charge in [-0.05, 0) is 27.2 Å². The number of carbonyl (C=O) groups is 4. The molecule has 2 saturated heterocycles. The monoisotopic (exact) mass is 474 g/mol. The van der Waals surface area contributed by atoms with Crippen molar-refractivity contribution in [3.05, 3.63) is 0 Å². The van der Waals surface area contributed by atoms with Gasteiger partial charge in [0.1, 0.15) is 11.1 Å². The van der Waals surface area contributed by atoms with Gasteiger partial charge in [-0.1, -0.05) is 6.92 Å². The normalized spacial score (nSPS) is 27.0. The molecule has 0 radical (unpaired) electrons. The molecule has 11 heteroatoms. The van der Waals surface area contributed by atoms with Crippen molar-refractivity contribution < 1.29 is 19.2 Å². The zero-order valence-electron chi connectivity index (χ0n) is 13.3. The topological polar surface area (TPSA) is 81.2 Å². The highest BCUT2D eigenvalue weighted by molar-refractivity contribution is 9.08. The van der Waals surface area contributed by atoms with Crippen LogP contribution in [0.1, 0.15) is 34.1 Å². The third-order valence-corrected chi connectivity index (χ3v) is 6.15. The van der Waals surface area contributed by atoms with Crippen LogP contribution in [0.25, 0.3) is 0 Å². The molecule has 2 heterocycles. The summed E-state index contributed by atoms with van der Waals surface area (Å²) in [4.78, 5) is 46.1.